The zero-order valence-electron chi connectivity index (χ0n) is 24.3. The monoisotopic (exact) mass is 557 g/mol. The van der Waals surface area contributed by atoms with Crippen molar-refractivity contribution in [2.75, 3.05) is 18.6 Å². The molecule has 7 heteroatoms. The van der Waals surface area contributed by atoms with Crippen LogP contribution >= 0.6 is 11.3 Å². The van der Waals surface area contributed by atoms with Crippen LogP contribution in [-0.2, 0) is 26.8 Å². The first-order valence-electron chi connectivity index (χ1n) is 14.2. The van der Waals surface area contributed by atoms with E-state index in [-0.39, 0.29) is 23.0 Å². The average Bonchev–Trinajstić information content (AvgIpc) is 3.49. The molecule has 0 aliphatic carbocycles. The van der Waals surface area contributed by atoms with E-state index in [2.05, 4.69) is 58.1 Å². The Morgan fingerprint density at radius 3 is 2.39 bits per heavy atom. The highest BCUT2D eigenvalue weighted by atomic mass is 32.1. The van der Waals surface area contributed by atoms with E-state index in [9.17, 15) is 9.59 Å². The summed E-state index contributed by atoms with van der Waals surface area (Å²) >= 11 is 1.50. The number of rotatable bonds is 14. The van der Waals surface area contributed by atoms with Crippen LogP contribution in [0.3, 0.4) is 0 Å². The van der Waals surface area contributed by atoms with Gasteiger partial charge in [-0.3, -0.25) is 4.79 Å². The van der Waals surface area contributed by atoms with Gasteiger partial charge in [0.05, 0.1) is 7.11 Å². The van der Waals surface area contributed by atoms with Gasteiger partial charge in [-0.25, -0.2) is 4.79 Å². The zero-order valence-corrected chi connectivity index (χ0v) is 26.1. The minimum atomic E-state index is -1.62. The maximum atomic E-state index is 12.7. The molecule has 0 saturated carbocycles. The number of esters is 1. The molecule has 0 unspecified atom stereocenters. The van der Waals surface area contributed by atoms with E-state index < -0.39 is 8.32 Å². The van der Waals surface area contributed by atoms with Crippen molar-refractivity contribution in [1.82, 2.24) is 0 Å². The van der Waals surface area contributed by atoms with Gasteiger partial charge in [-0.1, -0.05) is 45.7 Å². The van der Waals surface area contributed by atoms with Gasteiger partial charge in [0.25, 0.3) is 0 Å². The third kappa shape index (κ3) is 8.52. The van der Waals surface area contributed by atoms with E-state index >= 15 is 0 Å². The lowest BCUT2D eigenvalue weighted by molar-refractivity contribution is -0.117. The molecule has 0 bridgehead atoms. The number of aryl methyl sites for hydroxylation is 2. The van der Waals surface area contributed by atoms with Crippen LogP contribution in [0.4, 0.5) is 5.69 Å². The Labute approximate surface area is 235 Å². The minimum Gasteiger partial charge on any atom is -0.465 e. The Balaban J connectivity index is 1.39. The van der Waals surface area contributed by atoms with Crippen LogP contribution in [0, 0.1) is 0 Å². The highest BCUT2D eigenvalue weighted by Gasteiger charge is 2.36. The van der Waals surface area contributed by atoms with E-state index in [1.165, 1.54) is 48.1 Å². The predicted octanol–water partition coefficient (Wildman–Crippen LogP) is 8.18. The lowest BCUT2D eigenvalue weighted by atomic mass is 10.0. The summed E-state index contributed by atoms with van der Waals surface area (Å²) in [6, 6.07) is 12.7. The number of hydrogen-bond donors (Lipinski definition) is 0. The molecule has 38 heavy (non-hydrogen) atoms. The Bertz CT molecular complexity index is 1040. The molecular weight excluding hydrogens is 510 g/mol. The van der Waals surface area contributed by atoms with E-state index in [0.29, 0.717) is 11.3 Å². The van der Waals surface area contributed by atoms with E-state index in [0.717, 1.165) is 50.8 Å². The number of hydrogen-bond acceptors (Lipinski definition) is 5. The normalized spacial score (nSPS) is 16.3. The van der Waals surface area contributed by atoms with Crippen molar-refractivity contribution in [3.63, 3.8) is 0 Å². The fourth-order valence-corrected chi connectivity index (χ4v) is 6.81. The Kier molecular flexibility index (Phi) is 11.2. The molecule has 1 aromatic heterocycles. The second-order valence-electron chi connectivity index (χ2n) is 12.0. The summed E-state index contributed by atoms with van der Waals surface area (Å²) in [7, 11) is -0.212. The fourth-order valence-electron chi connectivity index (χ4n) is 4.76. The van der Waals surface area contributed by atoms with Crippen molar-refractivity contribution >= 4 is 37.2 Å². The summed E-state index contributed by atoms with van der Waals surface area (Å²) in [6.07, 6.45) is 10.3. The highest BCUT2D eigenvalue weighted by molar-refractivity contribution is 7.13. The number of amides is 1. The van der Waals surface area contributed by atoms with Crippen LogP contribution in [0.2, 0.25) is 18.1 Å². The van der Waals surface area contributed by atoms with Crippen LogP contribution in [0.5, 0.6) is 0 Å². The molecular formula is C31H47NO4SSi. The van der Waals surface area contributed by atoms with Gasteiger partial charge in [-0.15, -0.1) is 11.3 Å². The van der Waals surface area contributed by atoms with Crippen molar-refractivity contribution in [3.8, 4) is 0 Å². The maximum absolute atomic E-state index is 12.7. The predicted molar refractivity (Wildman–Crippen MR) is 161 cm³/mol. The molecule has 0 radical (unpaired) electrons. The van der Waals surface area contributed by atoms with Gasteiger partial charge in [-0.05, 0) is 92.9 Å². The van der Waals surface area contributed by atoms with Gasteiger partial charge in [0, 0.05) is 29.6 Å². The van der Waals surface area contributed by atoms with Crippen LogP contribution in [0.1, 0.15) is 92.3 Å². The van der Waals surface area contributed by atoms with Gasteiger partial charge >= 0.3 is 5.97 Å². The Morgan fingerprint density at radius 2 is 1.71 bits per heavy atom. The first kappa shape index (κ1) is 30.6. The quantitative estimate of drug-likeness (QED) is 0.133. The number of ether oxygens (including phenoxy) is 1. The average molecular weight is 558 g/mol. The summed E-state index contributed by atoms with van der Waals surface area (Å²) in [4.78, 5) is 28.2. The first-order valence-corrected chi connectivity index (χ1v) is 18.0. The molecule has 210 valence electrons. The molecule has 1 aliphatic rings. The molecule has 0 spiro atoms. The molecule has 1 amide bonds. The molecule has 2 heterocycles. The second kappa shape index (κ2) is 13.9. The number of thiophene rings is 1. The maximum Gasteiger partial charge on any atom is 0.348 e. The van der Waals surface area contributed by atoms with Gasteiger partial charge in [-0.2, -0.15) is 0 Å². The largest absolute Gasteiger partial charge is 0.465 e. The molecule has 1 aliphatic heterocycles. The molecule has 1 atom stereocenters. The summed E-state index contributed by atoms with van der Waals surface area (Å²) in [5.41, 5.74) is 2.36. The number of unbranched alkanes of at least 4 members (excludes halogenated alkanes) is 3. The van der Waals surface area contributed by atoms with Crippen LogP contribution in [0.25, 0.3) is 0 Å². The Morgan fingerprint density at radius 1 is 1.00 bits per heavy atom. The van der Waals surface area contributed by atoms with Crippen LogP contribution < -0.4 is 4.90 Å². The molecule has 5 nitrogen and oxygen atoms in total. The highest BCUT2D eigenvalue weighted by Crippen LogP contribution is 2.36. The number of carbonyl (C=O) groups is 2. The van der Waals surface area contributed by atoms with Gasteiger partial charge in [0.2, 0.25) is 5.91 Å². The van der Waals surface area contributed by atoms with Gasteiger partial charge in [0.1, 0.15) is 4.88 Å². The minimum absolute atomic E-state index is 0.228. The molecule has 2 aromatic rings. The lowest BCUT2D eigenvalue weighted by Gasteiger charge is -2.36. The summed E-state index contributed by atoms with van der Waals surface area (Å²) in [5.74, 6) is -0.0456. The number of carbonyl (C=O) groups excluding carboxylic acids is 2. The SMILES string of the molecule is COC(=O)c1ccc(CCC[C@H]2CCC(=O)N2c2ccc(CCCCCCO[Si](C)(C)C(C)(C)C)cc2)s1. The number of anilines is 1. The molecule has 1 aromatic carbocycles. The summed E-state index contributed by atoms with van der Waals surface area (Å²) in [5, 5.41) is 0.278. The number of nitrogens with zero attached hydrogens (tertiary/aromatic N) is 1. The van der Waals surface area contributed by atoms with Crippen molar-refractivity contribution in [2.24, 2.45) is 0 Å². The van der Waals surface area contributed by atoms with E-state index in [4.69, 9.17) is 9.16 Å². The third-order valence-electron chi connectivity index (χ3n) is 8.18. The number of benzene rings is 1. The summed E-state index contributed by atoms with van der Waals surface area (Å²) < 4.78 is 11.1. The fraction of sp³-hybridized carbons (Fsp3) is 0.613. The van der Waals surface area contributed by atoms with Crippen LogP contribution in [0.15, 0.2) is 36.4 Å². The molecule has 1 fully saturated rings. The zero-order chi connectivity index (χ0) is 27.8. The first-order chi connectivity index (χ1) is 18.0. The van der Waals surface area contributed by atoms with Crippen LogP contribution in [-0.4, -0.2) is 40.0 Å². The molecule has 0 N–H and O–H groups in total. The van der Waals surface area contributed by atoms with Crippen molar-refractivity contribution in [2.45, 2.75) is 109 Å². The second-order valence-corrected chi connectivity index (χ2v) is 18.0. The molecule has 3 rings (SSSR count). The topological polar surface area (TPSA) is 55.8 Å². The van der Waals surface area contributed by atoms with E-state index in [1.54, 1.807) is 0 Å². The Hall–Kier alpha value is -1.96. The van der Waals surface area contributed by atoms with Crippen molar-refractivity contribution in [1.29, 1.82) is 0 Å². The van der Waals surface area contributed by atoms with E-state index in [1.807, 2.05) is 17.0 Å². The van der Waals surface area contributed by atoms with Gasteiger partial charge in [0.15, 0.2) is 8.32 Å². The van der Waals surface area contributed by atoms with Crippen molar-refractivity contribution < 1.29 is 18.8 Å². The lowest BCUT2D eigenvalue weighted by Crippen LogP contribution is -2.40. The molecule has 1 saturated heterocycles. The standard InChI is InChI=1S/C31H47NO4SSi/c1-31(2,3)38(5,6)36-23-10-8-7-9-12-24-15-17-26(18-16-24)32-25(19-22-29(32)33)13-11-14-27-20-21-28(37-27)30(34)35-4/h15-18,20-21,25H,7-14,19,22-23H2,1-6H3/t25-/m0/s1. The number of methoxy groups -OCH3 is 1. The van der Waals surface area contributed by atoms with Gasteiger partial charge < -0.3 is 14.1 Å². The summed E-state index contributed by atoms with van der Waals surface area (Å²) in [6.45, 7) is 12.4. The smallest absolute Gasteiger partial charge is 0.348 e. The third-order valence-corrected chi connectivity index (χ3v) is 13.8. The van der Waals surface area contributed by atoms with Crippen molar-refractivity contribution in [3.05, 3.63) is 51.7 Å².